The number of benzene rings is 1. The van der Waals surface area contributed by atoms with Crippen LogP contribution >= 0.6 is 12.2 Å². The van der Waals surface area contributed by atoms with Gasteiger partial charge >= 0.3 is 0 Å². The van der Waals surface area contributed by atoms with Crippen LogP contribution < -0.4 is 5.56 Å². The lowest BCUT2D eigenvalue weighted by molar-refractivity contribution is 0.153. The molecule has 0 bridgehead atoms. The molecule has 8 heteroatoms. The number of H-pyrrole nitrogens is 1. The normalized spacial score (nSPS) is 11.4. The van der Waals surface area contributed by atoms with E-state index in [-0.39, 0.29) is 21.5 Å². The highest BCUT2D eigenvalue weighted by Gasteiger charge is 2.21. The van der Waals surface area contributed by atoms with E-state index in [4.69, 9.17) is 16.6 Å². The topological polar surface area (TPSA) is 63.8 Å². The summed E-state index contributed by atoms with van der Waals surface area (Å²) < 4.78 is 34.4. The van der Waals surface area contributed by atoms with E-state index in [2.05, 4.69) is 9.97 Å². The fraction of sp³-hybridized carbons (Fsp3) is 0.105. The lowest BCUT2D eigenvalue weighted by Crippen LogP contribution is -2.17. The van der Waals surface area contributed by atoms with Crippen LogP contribution in [0.2, 0.25) is 0 Å². The molecule has 0 fully saturated rings. The summed E-state index contributed by atoms with van der Waals surface area (Å²) >= 11 is 5.32. The van der Waals surface area contributed by atoms with E-state index in [1.54, 1.807) is 24.3 Å². The van der Waals surface area contributed by atoms with E-state index in [0.717, 1.165) is 5.56 Å². The first kappa shape index (κ1) is 17.3. The second-order valence-electron chi connectivity index (χ2n) is 5.95. The molecule has 0 aliphatic rings. The van der Waals surface area contributed by atoms with Crippen LogP contribution in [-0.2, 0) is 0 Å². The summed E-state index contributed by atoms with van der Waals surface area (Å²) in [7, 11) is 0. The van der Waals surface area contributed by atoms with Crippen LogP contribution in [-0.4, -0.2) is 14.5 Å². The van der Waals surface area contributed by atoms with Crippen molar-refractivity contribution in [1.82, 2.24) is 14.5 Å². The number of halogens is 2. The summed E-state index contributed by atoms with van der Waals surface area (Å²) in [5.41, 5.74) is 0.629. The Morgan fingerprint density at radius 1 is 1.22 bits per heavy atom. The lowest BCUT2D eigenvalue weighted by Gasteiger charge is -2.15. The Morgan fingerprint density at radius 3 is 2.67 bits per heavy atom. The van der Waals surface area contributed by atoms with Crippen molar-refractivity contribution in [2.45, 2.75) is 13.3 Å². The SMILES string of the molecule is Cc1ccccc1-n1c(=S)[nH]c(=O)c2c(C(F)F)cc(-c3ccco3)nc21. The van der Waals surface area contributed by atoms with E-state index < -0.39 is 17.5 Å². The quantitative estimate of drug-likeness (QED) is 0.507. The first-order valence-electron chi connectivity index (χ1n) is 8.05. The number of pyridine rings is 1. The minimum absolute atomic E-state index is 0.0576. The predicted octanol–water partition coefficient (Wildman–Crippen LogP) is 4.95. The van der Waals surface area contributed by atoms with Crippen molar-refractivity contribution in [1.29, 1.82) is 0 Å². The maximum absolute atomic E-state index is 13.8. The number of nitrogens with one attached hydrogen (secondary N) is 1. The number of aromatic amines is 1. The van der Waals surface area contributed by atoms with E-state index in [0.29, 0.717) is 11.4 Å². The third kappa shape index (κ3) is 2.87. The second-order valence-corrected chi connectivity index (χ2v) is 6.34. The standard InChI is InChI=1S/C19H13F2N3O2S/c1-10-5-2-3-6-13(10)24-17-15(18(25)23-19(24)27)11(16(20)21)9-12(22-17)14-7-4-8-26-14/h2-9,16H,1H3,(H,23,25,27). The van der Waals surface area contributed by atoms with Gasteiger partial charge in [-0.3, -0.25) is 14.3 Å². The molecule has 3 heterocycles. The summed E-state index contributed by atoms with van der Waals surface area (Å²) in [5, 5.41) is -0.197. The fourth-order valence-electron chi connectivity index (χ4n) is 3.02. The second kappa shape index (κ2) is 6.55. The highest BCUT2D eigenvalue weighted by atomic mass is 32.1. The van der Waals surface area contributed by atoms with Gasteiger partial charge in [0.05, 0.1) is 17.3 Å². The van der Waals surface area contributed by atoms with Gasteiger partial charge in [-0.25, -0.2) is 13.8 Å². The summed E-state index contributed by atoms with van der Waals surface area (Å²) in [6.45, 7) is 1.86. The van der Waals surface area contributed by atoms with Crippen LogP contribution in [0.3, 0.4) is 0 Å². The van der Waals surface area contributed by atoms with E-state index >= 15 is 0 Å². The Bertz CT molecular complexity index is 1260. The Hall–Kier alpha value is -3.13. The number of para-hydroxylation sites is 1. The minimum atomic E-state index is -2.87. The maximum Gasteiger partial charge on any atom is 0.264 e. The number of aryl methyl sites for hydroxylation is 1. The Kier molecular flexibility index (Phi) is 4.19. The van der Waals surface area contributed by atoms with Crippen molar-refractivity contribution in [2.24, 2.45) is 0 Å². The molecule has 0 aliphatic heterocycles. The molecule has 0 saturated heterocycles. The molecule has 136 valence electrons. The molecule has 0 aliphatic carbocycles. The molecule has 1 N–H and O–H groups in total. The van der Waals surface area contributed by atoms with Gasteiger partial charge < -0.3 is 4.42 Å². The Balaban J connectivity index is 2.21. The van der Waals surface area contributed by atoms with Gasteiger partial charge in [-0.2, -0.15) is 0 Å². The first-order chi connectivity index (χ1) is 13.0. The largest absolute Gasteiger partial charge is 0.463 e. The molecule has 4 aromatic rings. The van der Waals surface area contributed by atoms with Crippen molar-refractivity contribution in [2.75, 3.05) is 0 Å². The van der Waals surface area contributed by atoms with Gasteiger partial charge in [-0.05, 0) is 49.0 Å². The van der Waals surface area contributed by atoms with Gasteiger partial charge in [0, 0.05) is 5.56 Å². The van der Waals surface area contributed by atoms with Crippen LogP contribution in [0.1, 0.15) is 17.6 Å². The summed E-state index contributed by atoms with van der Waals surface area (Å²) in [6, 6.07) is 11.7. The van der Waals surface area contributed by atoms with E-state index in [1.165, 1.54) is 16.9 Å². The zero-order valence-corrected chi connectivity index (χ0v) is 14.9. The van der Waals surface area contributed by atoms with Crippen molar-refractivity contribution >= 4 is 23.3 Å². The molecule has 5 nitrogen and oxygen atoms in total. The predicted molar refractivity (Wildman–Crippen MR) is 99.9 cm³/mol. The van der Waals surface area contributed by atoms with Crippen LogP contribution in [0.25, 0.3) is 28.2 Å². The molecule has 0 radical (unpaired) electrons. The van der Waals surface area contributed by atoms with Crippen molar-refractivity contribution < 1.29 is 13.2 Å². The number of hydrogen-bond donors (Lipinski definition) is 1. The van der Waals surface area contributed by atoms with Gasteiger partial charge in [0.1, 0.15) is 5.69 Å². The molecule has 0 atom stereocenters. The summed E-state index contributed by atoms with van der Waals surface area (Å²) in [5.74, 6) is 0.321. The maximum atomic E-state index is 13.8. The number of nitrogens with zero attached hydrogens (tertiary/aromatic N) is 2. The van der Waals surface area contributed by atoms with Crippen LogP contribution in [0.15, 0.2) is 57.9 Å². The molecule has 0 unspecified atom stereocenters. The van der Waals surface area contributed by atoms with Crippen LogP contribution in [0.4, 0.5) is 8.78 Å². The van der Waals surface area contributed by atoms with Gasteiger partial charge in [0.25, 0.3) is 12.0 Å². The monoisotopic (exact) mass is 385 g/mol. The third-order valence-corrected chi connectivity index (χ3v) is 4.54. The molecular weight excluding hydrogens is 372 g/mol. The molecule has 0 amide bonds. The van der Waals surface area contributed by atoms with Crippen molar-refractivity contribution in [3.63, 3.8) is 0 Å². The average Bonchev–Trinajstić information content (AvgIpc) is 3.16. The number of fused-ring (bicyclic) bond motifs is 1. The lowest BCUT2D eigenvalue weighted by atomic mass is 10.1. The molecular formula is C19H13F2N3O2S. The van der Waals surface area contributed by atoms with Crippen molar-refractivity contribution in [3.05, 3.63) is 75.0 Å². The summed E-state index contributed by atoms with van der Waals surface area (Å²) in [4.78, 5) is 19.4. The zero-order chi connectivity index (χ0) is 19.1. The number of rotatable bonds is 3. The molecule has 0 spiro atoms. The van der Waals surface area contributed by atoms with Gasteiger partial charge in [-0.1, -0.05) is 18.2 Å². The average molecular weight is 385 g/mol. The van der Waals surface area contributed by atoms with Crippen LogP contribution in [0.5, 0.6) is 0 Å². The molecule has 1 aromatic carbocycles. The van der Waals surface area contributed by atoms with Gasteiger partial charge in [0.15, 0.2) is 16.2 Å². The van der Waals surface area contributed by atoms with E-state index in [9.17, 15) is 13.6 Å². The first-order valence-corrected chi connectivity index (χ1v) is 8.46. The molecule has 4 rings (SSSR count). The third-order valence-electron chi connectivity index (χ3n) is 4.26. The van der Waals surface area contributed by atoms with Crippen LogP contribution in [0, 0.1) is 11.7 Å². The molecule has 27 heavy (non-hydrogen) atoms. The summed E-state index contributed by atoms with van der Waals surface area (Å²) in [6.07, 6.45) is -1.44. The number of hydrogen-bond acceptors (Lipinski definition) is 4. The Morgan fingerprint density at radius 2 is 2.00 bits per heavy atom. The highest BCUT2D eigenvalue weighted by Crippen LogP contribution is 2.31. The van der Waals surface area contributed by atoms with Gasteiger partial charge in [0.2, 0.25) is 0 Å². The number of alkyl halides is 2. The highest BCUT2D eigenvalue weighted by molar-refractivity contribution is 7.71. The number of furan rings is 1. The molecule has 3 aromatic heterocycles. The van der Waals surface area contributed by atoms with E-state index in [1.807, 2.05) is 19.1 Å². The number of aromatic nitrogens is 3. The van der Waals surface area contributed by atoms with Gasteiger partial charge in [-0.15, -0.1) is 0 Å². The fourth-order valence-corrected chi connectivity index (χ4v) is 3.29. The Labute approximate surface area is 156 Å². The van der Waals surface area contributed by atoms with Crippen molar-refractivity contribution in [3.8, 4) is 17.1 Å². The minimum Gasteiger partial charge on any atom is -0.463 e. The zero-order valence-electron chi connectivity index (χ0n) is 14.1. The molecule has 0 saturated carbocycles. The smallest absolute Gasteiger partial charge is 0.264 e.